The Morgan fingerprint density at radius 1 is 1.43 bits per heavy atom. The maximum atomic E-state index is 12.6. The van der Waals surface area contributed by atoms with Gasteiger partial charge < -0.3 is 14.2 Å². The van der Waals surface area contributed by atoms with E-state index in [1.807, 2.05) is 17.5 Å². The van der Waals surface area contributed by atoms with Gasteiger partial charge in [0, 0.05) is 13.1 Å². The number of fused-ring (bicyclic) bond motifs is 3. The van der Waals surface area contributed by atoms with Crippen molar-refractivity contribution in [2.45, 2.75) is 18.4 Å². The molecule has 0 radical (unpaired) electrons. The molecule has 0 aliphatic carbocycles. The predicted molar refractivity (Wildman–Crippen MR) is 84.4 cm³/mol. The summed E-state index contributed by atoms with van der Waals surface area (Å²) in [6, 6.07) is 6.01. The molecule has 0 spiro atoms. The lowest BCUT2D eigenvalue weighted by molar-refractivity contribution is -0.136. The second-order valence-electron chi connectivity index (χ2n) is 5.95. The average Bonchev–Trinajstić information content (AvgIpc) is 3.21. The van der Waals surface area contributed by atoms with Gasteiger partial charge in [0.15, 0.2) is 5.78 Å². The summed E-state index contributed by atoms with van der Waals surface area (Å²) in [4.78, 5) is 26.7. The van der Waals surface area contributed by atoms with Gasteiger partial charge >= 0.3 is 0 Å². The molecule has 0 aromatic carbocycles. The van der Waals surface area contributed by atoms with E-state index < -0.39 is 5.54 Å². The molecule has 1 atom stereocenters. The molecule has 0 bridgehead atoms. The lowest BCUT2D eigenvalue weighted by Gasteiger charge is -2.30. The van der Waals surface area contributed by atoms with Crippen LogP contribution in [0.4, 0.5) is 0 Å². The number of nitrogens with zero attached hydrogens (tertiary/aromatic N) is 3. The highest BCUT2D eigenvalue weighted by Gasteiger charge is 2.47. The molecule has 2 aromatic heterocycles. The minimum atomic E-state index is -1.11. The van der Waals surface area contributed by atoms with E-state index in [0.717, 1.165) is 10.2 Å². The van der Waals surface area contributed by atoms with Gasteiger partial charge in [-0.25, -0.2) is 0 Å². The molecular weight excluding hydrogens is 314 g/mol. The van der Waals surface area contributed by atoms with Crippen molar-refractivity contribution in [1.82, 2.24) is 9.47 Å². The fourth-order valence-electron chi connectivity index (χ4n) is 3.47. The number of morpholine rings is 1. The van der Waals surface area contributed by atoms with Crippen LogP contribution in [0.5, 0.6) is 0 Å². The van der Waals surface area contributed by atoms with Gasteiger partial charge in [-0.1, -0.05) is 0 Å². The standard InChI is InChI=1S/C16H15N3O3S/c17-10-16(9-15(21)18-2-4-22-5-3-18)8-13(20)12-7-14-11(19(12)16)1-6-23-14/h1,6-7H,2-5,8-9H2/t16-/m0/s1. The van der Waals surface area contributed by atoms with Crippen molar-refractivity contribution in [2.24, 2.45) is 0 Å². The summed E-state index contributed by atoms with van der Waals surface area (Å²) in [6.45, 7) is 2.13. The number of hydrogen-bond donors (Lipinski definition) is 0. The topological polar surface area (TPSA) is 75.3 Å². The predicted octanol–water partition coefficient (Wildman–Crippen LogP) is 1.76. The number of ketones is 1. The number of carbonyl (C=O) groups excluding carboxylic acids is 2. The van der Waals surface area contributed by atoms with E-state index in [9.17, 15) is 14.9 Å². The van der Waals surface area contributed by atoms with Crippen molar-refractivity contribution in [3.8, 4) is 6.07 Å². The van der Waals surface area contributed by atoms with Crippen molar-refractivity contribution >= 4 is 33.2 Å². The number of Topliss-reactive ketones (excluding diaryl/α,β-unsaturated/α-hetero) is 1. The Morgan fingerprint density at radius 2 is 2.22 bits per heavy atom. The van der Waals surface area contributed by atoms with E-state index in [0.29, 0.717) is 32.0 Å². The minimum Gasteiger partial charge on any atom is -0.378 e. The van der Waals surface area contributed by atoms with E-state index >= 15 is 0 Å². The first-order valence-corrected chi connectivity index (χ1v) is 8.42. The summed E-state index contributed by atoms with van der Waals surface area (Å²) in [5.74, 6) is -0.155. The lowest BCUT2D eigenvalue weighted by Crippen LogP contribution is -2.44. The van der Waals surface area contributed by atoms with Crippen molar-refractivity contribution in [3.05, 3.63) is 23.2 Å². The summed E-state index contributed by atoms with van der Waals surface area (Å²) >= 11 is 1.54. The van der Waals surface area contributed by atoms with Crippen LogP contribution in [0.25, 0.3) is 10.2 Å². The van der Waals surface area contributed by atoms with Crippen LogP contribution in [0.1, 0.15) is 23.3 Å². The molecular formula is C16H15N3O3S. The first kappa shape index (κ1) is 14.4. The van der Waals surface area contributed by atoms with Crippen LogP contribution in [0, 0.1) is 11.3 Å². The van der Waals surface area contributed by atoms with Crippen LogP contribution in [0.15, 0.2) is 17.5 Å². The summed E-state index contributed by atoms with van der Waals surface area (Å²) in [6.07, 6.45) is 0.0998. The lowest BCUT2D eigenvalue weighted by atomic mass is 9.92. The number of aromatic nitrogens is 1. The summed E-state index contributed by atoms with van der Waals surface area (Å²) in [5, 5.41) is 11.8. The third-order valence-electron chi connectivity index (χ3n) is 4.61. The minimum absolute atomic E-state index is 0.0296. The maximum absolute atomic E-state index is 12.6. The van der Waals surface area contributed by atoms with Gasteiger partial charge in [-0.15, -0.1) is 11.3 Å². The molecule has 2 aliphatic rings. The van der Waals surface area contributed by atoms with E-state index in [4.69, 9.17) is 4.74 Å². The Kier molecular flexibility index (Phi) is 3.25. The third-order valence-corrected chi connectivity index (χ3v) is 5.46. The van der Waals surface area contributed by atoms with Gasteiger partial charge in [0.1, 0.15) is 5.54 Å². The van der Waals surface area contributed by atoms with Crippen LogP contribution >= 0.6 is 11.3 Å². The summed E-state index contributed by atoms with van der Waals surface area (Å²) in [7, 11) is 0. The summed E-state index contributed by atoms with van der Waals surface area (Å²) in [5.41, 5.74) is 0.306. The fourth-order valence-corrected chi connectivity index (χ4v) is 4.28. The Bertz CT molecular complexity index is 840. The van der Waals surface area contributed by atoms with Gasteiger partial charge in [-0.2, -0.15) is 5.26 Å². The zero-order chi connectivity index (χ0) is 16.0. The SMILES string of the molecule is N#C[C@@]1(CC(=O)N2CCOCC2)CC(=O)c2cc3sccc3n21. The highest BCUT2D eigenvalue weighted by atomic mass is 32.1. The zero-order valence-corrected chi connectivity index (χ0v) is 13.3. The van der Waals surface area contributed by atoms with Crippen molar-refractivity contribution in [2.75, 3.05) is 26.3 Å². The van der Waals surface area contributed by atoms with Gasteiger partial charge in [-0.3, -0.25) is 9.59 Å². The Labute approximate surface area is 136 Å². The highest BCUT2D eigenvalue weighted by Crippen LogP contribution is 2.41. The number of amides is 1. The molecule has 118 valence electrons. The first-order valence-electron chi connectivity index (χ1n) is 7.54. The number of hydrogen-bond acceptors (Lipinski definition) is 5. The number of nitriles is 1. The van der Waals surface area contributed by atoms with Crippen LogP contribution in [-0.4, -0.2) is 47.5 Å². The molecule has 2 aliphatic heterocycles. The van der Waals surface area contributed by atoms with Crippen molar-refractivity contribution in [3.63, 3.8) is 0 Å². The zero-order valence-electron chi connectivity index (χ0n) is 12.4. The van der Waals surface area contributed by atoms with Gasteiger partial charge in [-0.05, 0) is 17.5 Å². The Hall–Kier alpha value is -2.17. The van der Waals surface area contributed by atoms with E-state index in [1.165, 1.54) is 11.3 Å². The molecule has 7 heteroatoms. The Morgan fingerprint density at radius 3 is 2.96 bits per heavy atom. The molecule has 23 heavy (non-hydrogen) atoms. The van der Waals surface area contributed by atoms with Gasteiger partial charge in [0.2, 0.25) is 5.91 Å². The summed E-state index contributed by atoms with van der Waals surface area (Å²) < 4.78 is 8.02. The number of thiophene rings is 1. The number of carbonyl (C=O) groups is 2. The van der Waals surface area contributed by atoms with Crippen LogP contribution < -0.4 is 0 Å². The monoisotopic (exact) mass is 329 g/mol. The molecule has 2 aromatic rings. The van der Waals surface area contributed by atoms with Crippen LogP contribution in [-0.2, 0) is 15.1 Å². The van der Waals surface area contributed by atoms with E-state index in [1.54, 1.807) is 9.47 Å². The second kappa shape index (κ2) is 5.18. The van der Waals surface area contributed by atoms with Crippen molar-refractivity contribution < 1.29 is 14.3 Å². The molecule has 1 saturated heterocycles. The molecule has 0 unspecified atom stereocenters. The number of ether oxygens (including phenoxy) is 1. The molecule has 4 rings (SSSR count). The van der Waals surface area contributed by atoms with Crippen LogP contribution in [0.3, 0.4) is 0 Å². The second-order valence-corrected chi connectivity index (χ2v) is 6.90. The largest absolute Gasteiger partial charge is 0.378 e. The quantitative estimate of drug-likeness (QED) is 0.841. The van der Waals surface area contributed by atoms with E-state index in [2.05, 4.69) is 6.07 Å². The maximum Gasteiger partial charge on any atom is 0.226 e. The average molecular weight is 329 g/mol. The Balaban J connectivity index is 1.72. The normalized spacial score (nSPS) is 24.0. The molecule has 1 fully saturated rings. The molecule has 0 saturated carbocycles. The molecule has 0 N–H and O–H groups in total. The third kappa shape index (κ3) is 2.10. The fraction of sp³-hybridized carbons (Fsp3) is 0.438. The molecule has 6 nitrogen and oxygen atoms in total. The van der Waals surface area contributed by atoms with Gasteiger partial charge in [0.25, 0.3) is 0 Å². The molecule has 1 amide bonds. The first-order chi connectivity index (χ1) is 11.1. The van der Waals surface area contributed by atoms with E-state index in [-0.39, 0.29) is 24.5 Å². The molecule has 4 heterocycles. The van der Waals surface area contributed by atoms with Crippen LogP contribution in [0.2, 0.25) is 0 Å². The number of rotatable bonds is 2. The smallest absolute Gasteiger partial charge is 0.226 e. The van der Waals surface area contributed by atoms with Gasteiger partial charge in [0.05, 0.1) is 48.0 Å². The highest BCUT2D eigenvalue weighted by molar-refractivity contribution is 7.17. The van der Waals surface area contributed by atoms with Crippen molar-refractivity contribution in [1.29, 1.82) is 5.26 Å².